The van der Waals surface area contributed by atoms with Crippen LogP contribution in [0.4, 0.5) is 5.95 Å². The van der Waals surface area contributed by atoms with Gasteiger partial charge >= 0.3 is 0 Å². The molecule has 3 heteroatoms. The molecule has 0 aromatic carbocycles. The van der Waals surface area contributed by atoms with Crippen LogP contribution in [0.5, 0.6) is 0 Å². The van der Waals surface area contributed by atoms with Gasteiger partial charge in [0.25, 0.3) is 0 Å². The van der Waals surface area contributed by atoms with Crippen LogP contribution in [-0.2, 0) is 0 Å². The number of aromatic nitrogens is 2. The van der Waals surface area contributed by atoms with Crippen molar-refractivity contribution in [1.82, 2.24) is 9.97 Å². The third-order valence-electron chi connectivity index (χ3n) is 3.30. The standard InChI is InChI=1S/C12H17N3/c1-2-8-15(9-3-1)12-13-7-6-11(14-12)10-4-5-10/h6-7,10H,1-5,8-9H2. The first kappa shape index (κ1) is 9.13. The molecular formula is C12H17N3. The first-order valence-corrected chi connectivity index (χ1v) is 6.01. The molecule has 0 unspecified atom stereocenters. The smallest absolute Gasteiger partial charge is 0.225 e. The fraction of sp³-hybridized carbons (Fsp3) is 0.667. The Morgan fingerprint density at radius 2 is 1.93 bits per heavy atom. The number of rotatable bonds is 2. The van der Waals surface area contributed by atoms with Crippen LogP contribution in [0.3, 0.4) is 0 Å². The van der Waals surface area contributed by atoms with Gasteiger partial charge in [-0.1, -0.05) is 0 Å². The number of anilines is 1. The highest BCUT2D eigenvalue weighted by atomic mass is 15.2. The summed E-state index contributed by atoms with van der Waals surface area (Å²) in [5.74, 6) is 1.69. The van der Waals surface area contributed by atoms with Crippen LogP contribution in [0.15, 0.2) is 12.3 Å². The zero-order chi connectivity index (χ0) is 10.1. The van der Waals surface area contributed by atoms with Gasteiger partial charge in [-0.15, -0.1) is 0 Å². The molecule has 1 saturated carbocycles. The average molecular weight is 203 g/mol. The Hall–Kier alpha value is -1.12. The van der Waals surface area contributed by atoms with Gasteiger partial charge in [0.15, 0.2) is 0 Å². The SMILES string of the molecule is c1cc(C2CC2)nc(N2CCCCC2)n1. The molecule has 3 rings (SSSR count). The van der Waals surface area contributed by atoms with Crippen molar-refractivity contribution >= 4 is 5.95 Å². The molecule has 1 aliphatic heterocycles. The molecule has 15 heavy (non-hydrogen) atoms. The molecule has 1 aromatic heterocycles. The minimum absolute atomic E-state index is 0.733. The molecule has 2 heterocycles. The quantitative estimate of drug-likeness (QED) is 0.738. The summed E-state index contributed by atoms with van der Waals surface area (Å²) >= 11 is 0. The van der Waals surface area contributed by atoms with E-state index in [-0.39, 0.29) is 0 Å². The topological polar surface area (TPSA) is 29.0 Å². The second-order valence-electron chi connectivity index (χ2n) is 4.60. The summed E-state index contributed by atoms with van der Waals surface area (Å²) in [7, 11) is 0. The Morgan fingerprint density at radius 1 is 1.13 bits per heavy atom. The van der Waals surface area contributed by atoms with E-state index in [1.165, 1.54) is 37.8 Å². The Balaban J connectivity index is 1.80. The van der Waals surface area contributed by atoms with E-state index < -0.39 is 0 Å². The van der Waals surface area contributed by atoms with Crippen molar-refractivity contribution < 1.29 is 0 Å². The highest BCUT2D eigenvalue weighted by Gasteiger charge is 2.25. The predicted octanol–water partition coefficient (Wildman–Crippen LogP) is 2.34. The van der Waals surface area contributed by atoms with E-state index in [4.69, 9.17) is 0 Å². The third kappa shape index (κ3) is 1.96. The summed E-state index contributed by atoms with van der Waals surface area (Å²) in [4.78, 5) is 11.4. The maximum Gasteiger partial charge on any atom is 0.225 e. The van der Waals surface area contributed by atoms with Crippen molar-refractivity contribution in [2.75, 3.05) is 18.0 Å². The van der Waals surface area contributed by atoms with E-state index in [0.29, 0.717) is 0 Å². The molecule has 0 bridgehead atoms. The van der Waals surface area contributed by atoms with E-state index in [1.54, 1.807) is 0 Å². The van der Waals surface area contributed by atoms with Crippen molar-refractivity contribution in [2.45, 2.75) is 38.0 Å². The largest absolute Gasteiger partial charge is 0.341 e. The van der Waals surface area contributed by atoms with Crippen molar-refractivity contribution in [2.24, 2.45) is 0 Å². The van der Waals surface area contributed by atoms with Gasteiger partial charge in [0, 0.05) is 30.9 Å². The summed E-state index contributed by atoms with van der Waals surface area (Å²) in [6.07, 6.45) is 8.49. The maximum atomic E-state index is 4.67. The molecule has 2 aliphatic rings. The second kappa shape index (κ2) is 3.80. The van der Waals surface area contributed by atoms with E-state index >= 15 is 0 Å². The van der Waals surface area contributed by atoms with Crippen LogP contribution in [-0.4, -0.2) is 23.1 Å². The minimum atomic E-state index is 0.733. The number of hydrogen-bond acceptors (Lipinski definition) is 3. The third-order valence-corrected chi connectivity index (χ3v) is 3.30. The van der Waals surface area contributed by atoms with Gasteiger partial charge in [0.2, 0.25) is 5.95 Å². The zero-order valence-electron chi connectivity index (χ0n) is 9.02. The van der Waals surface area contributed by atoms with E-state index in [9.17, 15) is 0 Å². The Bertz CT molecular complexity index is 340. The number of hydrogen-bond donors (Lipinski definition) is 0. The van der Waals surface area contributed by atoms with Gasteiger partial charge in [-0.25, -0.2) is 9.97 Å². The lowest BCUT2D eigenvalue weighted by molar-refractivity contribution is 0.567. The molecule has 1 saturated heterocycles. The molecule has 0 spiro atoms. The van der Waals surface area contributed by atoms with Crippen molar-refractivity contribution in [3.63, 3.8) is 0 Å². The van der Waals surface area contributed by atoms with Crippen LogP contribution in [0, 0.1) is 0 Å². The van der Waals surface area contributed by atoms with Crippen LogP contribution in [0.25, 0.3) is 0 Å². The van der Waals surface area contributed by atoms with Gasteiger partial charge in [-0.2, -0.15) is 0 Å². The summed E-state index contributed by atoms with van der Waals surface area (Å²) in [6, 6.07) is 2.07. The van der Waals surface area contributed by atoms with Crippen LogP contribution < -0.4 is 4.90 Å². The van der Waals surface area contributed by atoms with Crippen molar-refractivity contribution in [3.05, 3.63) is 18.0 Å². The van der Waals surface area contributed by atoms with Gasteiger partial charge < -0.3 is 4.90 Å². The molecule has 1 aliphatic carbocycles. The van der Waals surface area contributed by atoms with Crippen molar-refractivity contribution in [1.29, 1.82) is 0 Å². The molecule has 0 radical (unpaired) electrons. The monoisotopic (exact) mass is 203 g/mol. The molecule has 2 fully saturated rings. The van der Waals surface area contributed by atoms with Crippen molar-refractivity contribution in [3.8, 4) is 0 Å². The van der Waals surface area contributed by atoms with E-state index in [0.717, 1.165) is 25.0 Å². The maximum absolute atomic E-state index is 4.67. The number of piperidine rings is 1. The molecule has 0 amide bonds. The average Bonchev–Trinajstić information content (AvgIpc) is 3.14. The summed E-state index contributed by atoms with van der Waals surface area (Å²) in [5, 5.41) is 0. The van der Waals surface area contributed by atoms with Crippen LogP contribution in [0.1, 0.15) is 43.7 Å². The first-order chi connectivity index (χ1) is 7.43. The summed E-state index contributed by atoms with van der Waals surface area (Å²) in [5.41, 5.74) is 1.26. The summed E-state index contributed by atoms with van der Waals surface area (Å²) in [6.45, 7) is 2.27. The number of nitrogens with zero attached hydrogens (tertiary/aromatic N) is 3. The van der Waals surface area contributed by atoms with Crippen LogP contribution in [0.2, 0.25) is 0 Å². The zero-order valence-corrected chi connectivity index (χ0v) is 9.02. The Morgan fingerprint density at radius 3 is 2.67 bits per heavy atom. The molecule has 80 valence electrons. The lowest BCUT2D eigenvalue weighted by Gasteiger charge is -2.26. The second-order valence-corrected chi connectivity index (χ2v) is 4.60. The van der Waals surface area contributed by atoms with E-state index in [2.05, 4.69) is 20.9 Å². The Labute approximate surface area is 90.5 Å². The summed E-state index contributed by atoms with van der Waals surface area (Å²) < 4.78 is 0. The minimum Gasteiger partial charge on any atom is -0.341 e. The fourth-order valence-corrected chi connectivity index (χ4v) is 2.21. The molecule has 3 nitrogen and oxygen atoms in total. The molecule has 1 aromatic rings. The first-order valence-electron chi connectivity index (χ1n) is 6.01. The highest BCUT2D eigenvalue weighted by Crippen LogP contribution is 2.39. The predicted molar refractivity (Wildman–Crippen MR) is 60.1 cm³/mol. The normalized spacial score (nSPS) is 21.7. The molecule has 0 atom stereocenters. The van der Waals surface area contributed by atoms with Gasteiger partial charge in [-0.3, -0.25) is 0 Å². The highest BCUT2D eigenvalue weighted by molar-refractivity contribution is 5.32. The van der Waals surface area contributed by atoms with Gasteiger partial charge in [0.1, 0.15) is 0 Å². The van der Waals surface area contributed by atoms with Gasteiger partial charge in [0.05, 0.1) is 0 Å². The Kier molecular flexibility index (Phi) is 2.31. The fourth-order valence-electron chi connectivity index (χ4n) is 2.21. The lowest BCUT2D eigenvalue weighted by Crippen LogP contribution is -2.31. The molecular weight excluding hydrogens is 186 g/mol. The van der Waals surface area contributed by atoms with Crippen LogP contribution >= 0.6 is 0 Å². The van der Waals surface area contributed by atoms with Gasteiger partial charge in [-0.05, 0) is 38.2 Å². The lowest BCUT2D eigenvalue weighted by atomic mass is 10.1. The molecule has 0 N–H and O–H groups in total. The van der Waals surface area contributed by atoms with E-state index in [1.807, 2.05) is 6.20 Å².